The van der Waals surface area contributed by atoms with Gasteiger partial charge >= 0.3 is 0 Å². The van der Waals surface area contributed by atoms with E-state index < -0.39 is 5.78 Å². The Kier molecular flexibility index (Phi) is 11.3. The van der Waals surface area contributed by atoms with Crippen molar-refractivity contribution in [2.75, 3.05) is 41.5 Å². The number of benzene rings is 2. The summed E-state index contributed by atoms with van der Waals surface area (Å²) in [7, 11) is 6.14. The molecule has 0 aliphatic rings. The minimum Gasteiger partial charge on any atom is -0.508 e. The van der Waals surface area contributed by atoms with E-state index in [0.29, 0.717) is 47.2 Å². The number of amides is 1. The van der Waals surface area contributed by atoms with E-state index in [2.05, 4.69) is 0 Å². The second kappa shape index (κ2) is 14.4. The summed E-state index contributed by atoms with van der Waals surface area (Å²) in [6, 6.07) is 10.5. The Bertz CT molecular complexity index is 1180. The predicted octanol–water partition coefficient (Wildman–Crippen LogP) is 5.09. The monoisotopic (exact) mass is 509 g/mol. The van der Waals surface area contributed by atoms with E-state index in [1.807, 2.05) is 13.8 Å². The van der Waals surface area contributed by atoms with Crippen LogP contribution in [0.2, 0.25) is 0 Å². The molecule has 0 bridgehead atoms. The SMILES string of the molecule is CCN(CC)C(=O)CC(C(=O)/C=C/c1ccc(OC)c(OC)c1)=C(O)/C=C/c1ccc(OC)c(OC)c1. The fourth-order valence-electron chi connectivity index (χ4n) is 3.60. The van der Waals surface area contributed by atoms with E-state index >= 15 is 0 Å². The first-order valence-corrected chi connectivity index (χ1v) is 11.9. The van der Waals surface area contributed by atoms with E-state index in [-0.39, 0.29) is 23.7 Å². The molecule has 2 aromatic rings. The molecular formula is C29H35NO7. The standard InChI is InChI=1S/C29H35NO7/c1-7-30(8-2)29(33)19-22(23(31)13-9-20-11-15-25(34-3)27(17-20)36-5)24(32)14-10-21-12-16-26(35-4)28(18-21)37-6/h9-18,31H,7-8,19H2,1-6H3/b13-9+,14-10+,23-22?. The van der Waals surface area contributed by atoms with Gasteiger partial charge in [0.15, 0.2) is 28.8 Å². The van der Waals surface area contributed by atoms with Crippen molar-refractivity contribution in [1.82, 2.24) is 4.90 Å². The fraction of sp³-hybridized carbons (Fsp3) is 0.310. The molecule has 0 saturated heterocycles. The van der Waals surface area contributed by atoms with Gasteiger partial charge in [-0.2, -0.15) is 0 Å². The number of hydrogen-bond acceptors (Lipinski definition) is 7. The lowest BCUT2D eigenvalue weighted by Crippen LogP contribution is -2.31. The topological polar surface area (TPSA) is 94.5 Å². The summed E-state index contributed by atoms with van der Waals surface area (Å²) < 4.78 is 21.1. The van der Waals surface area contributed by atoms with E-state index in [1.165, 1.54) is 26.4 Å². The Morgan fingerprint density at radius 1 is 0.757 bits per heavy atom. The highest BCUT2D eigenvalue weighted by atomic mass is 16.5. The van der Waals surface area contributed by atoms with Crippen LogP contribution in [0.1, 0.15) is 31.4 Å². The molecule has 0 aliphatic heterocycles. The number of allylic oxidation sites excluding steroid dienone is 2. The second-order valence-corrected chi connectivity index (χ2v) is 7.87. The number of carbonyl (C=O) groups excluding carboxylic acids is 2. The molecule has 1 N–H and O–H groups in total. The largest absolute Gasteiger partial charge is 0.508 e. The summed E-state index contributed by atoms with van der Waals surface area (Å²) in [5, 5.41) is 10.9. The average Bonchev–Trinajstić information content (AvgIpc) is 2.93. The molecule has 0 unspecified atom stereocenters. The number of carbonyl (C=O) groups is 2. The maximum atomic E-state index is 13.2. The summed E-state index contributed by atoms with van der Waals surface area (Å²) in [5.74, 6) is 1.15. The number of rotatable bonds is 13. The molecular weight excluding hydrogens is 474 g/mol. The first-order chi connectivity index (χ1) is 17.8. The van der Waals surface area contributed by atoms with Crippen LogP contribution in [-0.2, 0) is 9.59 Å². The molecule has 8 heteroatoms. The first kappa shape index (κ1) is 29.0. The fourth-order valence-corrected chi connectivity index (χ4v) is 3.60. The molecule has 1 amide bonds. The van der Waals surface area contributed by atoms with Gasteiger partial charge in [0.05, 0.1) is 40.4 Å². The zero-order valence-electron chi connectivity index (χ0n) is 22.2. The van der Waals surface area contributed by atoms with E-state index in [4.69, 9.17) is 18.9 Å². The lowest BCUT2D eigenvalue weighted by Gasteiger charge is -2.19. The van der Waals surface area contributed by atoms with E-state index in [1.54, 1.807) is 67.7 Å². The minimum atomic E-state index is -0.482. The first-order valence-electron chi connectivity index (χ1n) is 11.9. The smallest absolute Gasteiger partial charge is 0.227 e. The Hall–Kier alpha value is -4.20. The number of aliphatic hydroxyl groups excluding tert-OH is 1. The lowest BCUT2D eigenvalue weighted by atomic mass is 10.0. The molecule has 8 nitrogen and oxygen atoms in total. The third-order valence-corrected chi connectivity index (χ3v) is 5.73. The van der Waals surface area contributed by atoms with Crippen molar-refractivity contribution < 1.29 is 33.6 Å². The minimum absolute atomic E-state index is 0.00893. The van der Waals surface area contributed by atoms with Crippen LogP contribution in [0.4, 0.5) is 0 Å². The average molecular weight is 510 g/mol. The van der Waals surface area contributed by atoms with Crippen LogP contribution in [-0.4, -0.2) is 63.2 Å². The van der Waals surface area contributed by atoms with Crippen LogP contribution >= 0.6 is 0 Å². The zero-order valence-corrected chi connectivity index (χ0v) is 22.2. The van der Waals surface area contributed by atoms with Crippen LogP contribution in [0.15, 0.2) is 59.9 Å². The number of methoxy groups -OCH3 is 4. The second-order valence-electron chi connectivity index (χ2n) is 7.87. The van der Waals surface area contributed by atoms with Crippen LogP contribution in [0.3, 0.4) is 0 Å². The van der Waals surface area contributed by atoms with Crippen molar-refractivity contribution in [2.24, 2.45) is 0 Å². The molecule has 0 heterocycles. The third kappa shape index (κ3) is 7.90. The molecule has 198 valence electrons. The van der Waals surface area contributed by atoms with Crippen LogP contribution in [0.5, 0.6) is 23.0 Å². The van der Waals surface area contributed by atoms with Gasteiger partial charge in [-0.05, 0) is 61.4 Å². The molecule has 0 aromatic heterocycles. The van der Waals surface area contributed by atoms with E-state index in [9.17, 15) is 14.7 Å². The summed E-state index contributed by atoms with van der Waals surface area (Å²) >= 11 is 0. The van der Waals surface area contributed by atoms with Gasteiger partial charge in [0.1, 0.15) is 5.76 Å². The molecule has 2 aromatic carbocycles. The van der Waals surface area contributed by atoms with Gasteiger partial charge in [-0.15, -0.1) is 0 Å². The number of ketones is 1. The molecule has 37 heavy (non-hydrogen) atoms. The number of hydrogen-bond donors (Lipinski definition) is 1. The number of nitrogens with zero attached hydrogens (tertiary/aromatic N) is 1. The highest BCUT2D eigenvalue weighted by molar-refractivity contribution is 6.09. The van der Waals surface area contributed by atoms with Crippen molar-refractivity contribution >= 4 is 23.8 Å². The third-order valence-electron chi connectivity index (χ3n) is 5.73. The molecule has 0 spiro atoms. The zero-order chi connectivity index (χ0) is 27.4. The van der Waals surface area contributed by atoms with Gasteiger partial charge < -0.3 is 29.0 Å². The van der Waals surface area contributed by atoms with Crippen molar-refractivity contribution in [3.63, 3.8) is 0 Å². The Morgan fingerprint density at radius 3 is 1.65 bits per heavy atom. The van der Waals surface area contributed by atoms with Crippen molar-refractivity contribution in [3.05, 3.63) is 71.0 Å². The maximum absolute atomic E-state index is 13.2. The quantitative estimate of drug-likeness (QED) is 0.228. The van der Waals surface area contributed by atoms with E-state index in [0.717, 1.165) is 0 Å². The summed E-state index contributed by atoms with van der Waals surface area (Å²) in [6.45, 7) is 4.72. The number of ether oxygens (including phenoxy) is 4. The highest BCUT2D eigenvalue weighted by Crippen LogP contribution is 2.29. The number of aliphatic hydroxyl groups is 1. The lowest BCUT2D eigenvalue weighted by molar-refractivity contribution is -0.130. The van der Waals surface area contributed by atoms with Crippen molar-refractivity contribution in [3.8, 4) is 23.0 Å². The normalized spacial score (nSPS) is 11.8. The molecule has 0 radical (unpaired) electrons. The van der Waals surface area contributed by atoms with Crippen LogP contribution in [0, 0.1) is 0 Å². The van der Waals surface area contributed by atoms with Gasteiger partial charge in [0.2, 0.25) is 5.91 Å². The Labute approximate surface area is 218 Å². The molecule has 0 saturated carbocycles. The van der Waals surface area contributed by atoms with Crippen LogP contribution < -0.4 is 18.9 Å². The van der Waals surface area contributed by atoms with Crippen molar-refractivity contribution in [2.45, 2.75) is 20.3 Å². The molecule has 0 atom stereocenters. The van der Waals surface area contributed by atoms with Gasteiger partial charge in [-0.3, -0.25) is 9.59 Å². The summed E-state index contributed by atoms with van der Waals surface area (Å²) in [4.78, 5) is 27.6. The Morgan fingerprint density at radius 2 is 1.22 bits per heavy atom. The molecule has 2 rings (SSSR count). The van der Waals surface area contributed by atoms with Gasteiger partial charge in [0.25, 0.3) is 0 Å². The predicted molar refractivity (Wildman–Crippen MR) is 144 cm³/mol. The Balaban J connectivity index is 2.41. The van der Waals surface area contributed by atoms with Gasteiger partial charge in [-0.25, -0.2) is 0 Å². The molecule has 0 fully saturated rings. The summed E-state index contributed by atoms with van der Waals surface area (Å²) in [5.41, 5.74) is 1.40. The van der Waals surface area contributed by atoms with Gasteiger partial charge in [0, 0.05) is 13.1 Å². The van der Waals surface area contributed by atoms with Crippen molar-refractivity contribution in [1.29, 1.82) is 0 Å². The van der Waals surface area contributed by atoms with Crippen LogP contribution in [0.25, 0.3) is 12.2 Å². The maximum Gasteiger partial charge on any atom is 0.227 e. The molecule has 0 aliphatic carbocycles. The highest BCUT2D eigenvalue weighted by Gasteiger charge is 2.19. The summed E-state index contributed by atoms with van der Waals surface area (Å²) in [6.07, 6.45) is 5.71. The van der Waals surface area contributed by atoms with Gasteiger partial charge in [-0.1, -0.05) is 24.3 Å².